The highest BCUT2D eigenvalue weighted by atomic mass is 32.2. The fourth-order valence-corrected chi connectivity index (χ4v) is 3.20. The lowest BCUT2D eigenvalue weighted by Gasteiger charge is -2.42. The van der Waals surface area contributed by atoms with Gasteiger partial charge < -0.3 is 5.32 Å². The molecule has 1 N–H and O–H groups in total. The van der Waals surface area contributed by atoms with Gasteiger partial charge in [0.05, 0.1) is 0 Å². The van der Waals surface area contributed by atoms with E-state index in [0.29, 0.717) is 6.04 Å². The summed E-state index contributed by atoms with van der Waals surface area (Å²) in [6, 6.07) is 1.46. The fourth-order valence-electron chi connectivity index (χ4n) is 2.55. The van der Waals surface area contributed by atoms with Crippen LogP contribution in [0, 0.1) is 5.92 Å². The fraction of sp³-hybridized carbons (Fsp3) is 1.00. The number of rotatable bonds is 7. The van der Waals surface area contributed by atoms with Gasteiger partial charge in [-0.2, -0.15) is 11.8 Å². The van der Waals surface area contributed by atoms with Gasteiger partial charge in [-0.05, 0) is 18.1 Å². The Labute approximate surface area is 112 Å². The van der Waals surface area contributed by atoms with Gasteiger partial charge in [-0.1, -0.05) is 34.1 Å². The van der Waals surface area contributed by atoms with Gasteiger partial charge in [0.1, 0.15) is 0 Å². The van der Waals surface area contributed by atoms with Crippen LogP contribution in [0.25, 0.3) is 0 Å². The summed E-state index contributed by atoms with van der Waals surface area (Å²) < 4.78 is 0. The quantitative estimate of drug-likeness (QED) is 0.707. The molecule has 0 bridgehead atoms. The van der Waals surface area contributed by atoms with Crippen molar-refractivity contribution in [2.75, 3.05) is 31.1 Å². The molecule has 1 aliphatic rings. The Morgan fingerprint density at radius 1 is 1.35 bits per heavy atom. The van der Waals surface area contributed by atoms with E-state index in [0.717, 1.165) is 12.0 Å². The van der Waals surface area contributed by atoms with Gasteiger partial charge in [-0.3, -0.25) is 4.90 Å². The molecule has 0 aromatic heterocycles. The molecule has 2 atom stereocenters. The molecule has 0 amide bonds. The van der Waals surface area contributed by atoms with Gasteiger partial charge in [0.2, 0.25) is 0 Å². The number of piperazine rings is 1. The Morgan fingerprint density at radius 2 is 2.12 bits per heavy atom. The Hall–Kier alpha value is 0.270. The summed E-state index contributed by atoms with van der Waals surface area (Å²) in [5, 5.41) is 3.73. The van der Waals surface area contributed by atoms with E-state index in [9.17, 15) is 0 Å². The first-order chi connectivity index (χ1) is 8.19. The van der Waals surface area contributed by atoms with Crippen molar-refractivity contribution in [1.82, 2.24) is 10.2 Å². The van der Waals surface area contributed by atoms with E-state index in [1.54, 1.807) is 0 Å². The third-order valence-electron chi connectivity index (χ3n) is 3.72. The first kappa shape index (κ1) is 15.3. The molecule has 0 radical (unpaired) electrons. The number of hydrogen-bond acceptors (Lipinski definition) is 3. The van der Waals surface area contributed by atoms with Crippen LogP contribution >= 0.6 is 11.8 Å². The number of nitrogens with zero attached hydrogens (tertiary/aromatic N) is 1. The molecule has 3 heteroatoms. The van der Waals surface area contributed by atoms with Crippen molar-refractivity contribution in [2.24, 2.45) is 5.92 Å². The van der Waals surface area contributed by atoms with Gasteiger partial charge in [0.15, 0.2) is 0 Å². The minimum Gasteiger partial charge on any atom is -0.311 e. The van der Waals surface area contributed by atoms with Crippen molar-refractivity contribution in [3.63, 3.8) is 0 Å². The van der Waals surface area contributed by atoms with Crippen LogP contribution in [0.15, 0.2) is 0 Å². The van der Waals surface area contributed by atoms with Crippen LogP contribution in [-0.2, 0) is 0 Å². The molecule has 0 aliphatic carbocycles. The normalized spacial score (nSPS) is 26.6. The summed E-state index contributed by atoms with van der Waals surface area (Å²) in [4.78, 5) is 2.73. The van der Waals surface area contributed by atoms with Crippen LogP contribution in [0.4, 0.5) is 0 Å². The van der Waals surface area contributed by atoms with Crippen molar-refractivity contribution < 1.29 is 0 Å². The highest BCUT2D eigenvalue weighted by molar-refractivity contribution is 7.99. The van der Waals surface area contributed by atoms with Crippen LogP contribution in [0.1, 0.15) is 40.5 Å². The highest BCUT2D eigenvalue weighted by Crippen LogP contribution is 2.16. The highest BCUT2D eigenvalue weighted by Gasteiger charge is 2.28. The Morgan fingerprint density at radius 3 is 2.71 bits per heavy atom. The third kappa shape index (κ3) is 5.19. The molecular formula is C14H30N2S. The average molecular weight is 258 g/mol. The van der Waals surface area contributed by atoms with Gasteiger partial charge in [-0.15, -0.1) is 0 Å². The van der Waals surface area contributed by atoms with Crippen LogP contribution in [0.5, 0.6) is 0 Å². The minimum absolute atomic E-state index is 0.690. The van der Waals surface area contributed by atoms with Crippen LogP contribution < -0.4 is 5.32 Å². The number of nitrogens with one attached hydrogen (secondary N) is 1. The smallest absolute Gasteiger partial charge is 0.0221 e. The second kappa shape index (κ2) is 8.39. The lowest BCUT2D eigenvalue weighted by atomic mass is 9.98. The van der Waals surface area contributed by atoms with Gasteiger partial charge in [0, 0.05) is 37.5 Å². The molecule has 0 spiro atoms. The molecule has 1 rings (SSSR count). The molecule has 0 aromatic carbocycles. The van der Waals surface area contributed by atoms with E-state index in [2.05, 4.69) is 49.7 Å². The Kier molecular flexibility index (Phi) is 7.56. The molecule has 1 aliphatic heterocycles. The first-order valence-electron chi connectivity index (χ1n) is 7.24. The molecule has 0 aromatic rings. The van der Waals surface area contributed by atoms with E-state index in [1.807, 2.05) is 0 Å². The Bertz CT molecular complexity index is 197. The zero-order chi connectivity index (χ0) is 12.7. The summed E-state index contributed by atoms with van der Waals surface area (Å²) >= 11 is 2.07. The van der Waals surface area contributed by atoms with Crippen molar-refractivity contribution >= 4 is 11.8 Å². The van der Waals surface area contributed by atoms with E-state index in [-0.39, 0.29) is 0 Å². The molecule has 1 fully saturated rings. The second-order valence-electron chi connectivity index (χ2n) is 5.39. The van der Waals surface area contributed by atoms with Gasteiger partial charge in [0.25, 0.3) is 0 Å². The SMILES string of the molecule is CCCC1CNC(C(C)C)CN1CCSCC. The number of thioether (sulfide) groups is 1. The van der Waals surface area contributed by atoms with E-state index >= 15 is 0 Å². The summed E-state index contributed by atoms with van der Waals surface area (Å²) in [5.74, 6) is 3.29. The molecule has 2 nitrogen and oxygen atoms in total. The van der Waals surface area contributed by atoms with Gasteiger partial charge in [-0.25, -0.2) is 0 Å². The van der Waals surface area contributed by atoms with E-state index < -0.39 is 0 Å². The van der Waals surface area contributed by atoms with Crippen molar-refractivity contribution in [1.29, 1.82) is 0 Å². The topological polar surface area (TPSA) is 15.3 Å². The van der Waals surface area contributed by atoms with Crippen LogP contribution in [0.2, 0.25) is 0 Å². The van der Waals surface area contributed by atoms with Crippen LogP contribution in [-0.4, -0.2) is 48.1 Å². The zero-order valence-electron chi connectivity index (χ0n) is 12.0. The maximum absolute atomic E-state index is 3.73. The molecule has 102 valence electrons. The molecular weight excluding hydrogens is 228 g/mol. The summed E-state index contributed by atoms with van der Waals surface area (Å²) in [7, 11) is 0. The predicted octanol–water partition coefficient (Wildman–Crippen LogP) is 2.84. The molecule has 2 unspecified atom stereocenters. The molecule has 0 saturated carbocycles. The minimum atomic E-state index is 0.690. The summed E-state index contributed by atoms with van der Waals surface area (Å²) in [6.45, 7) is 12.9. The predicted molar refractivity (Wildman–Crippen MR) is 79.9 cm³/mol. The average Bonchev–Trinajstić information content (AvgIpc) is 2.31. The molecule has 1 heterocycles. The largest absolute Gasteiger partial charge is 0.311 e. The Balaban J connectivity index is 2.43. The van der Waals surface area contributed by atoms with Crippen molar-refractivity contribution in [3.05, 3.63) is 0 Å². The molecule has 17 heavy (non-hydrogen) atoms. The maximum Gasteiger partial charge on any atom is 0.0221 e. The van der Waals surface area contributed by atoms with Crippen molar-refractivity contribution in [2.45, 2.75) is 52.6 Å². The summed E-state index contributed by atoms with van der Waals surface area (Å²) in [5.41, 5.74) is 0. The second-order valence-corrected chi connectivity index (χ2v) is 6.79. The third-order valence-corrected chi connectivity index (χ3v) is 4.60. The van der Waals surface area contributed by atoms with Crippen LogP contribution in [0.3, 0.4) is 0 Å². The monoisotopic (exact) mass is 258 g/mol. The number of hydrogen-bond donors (Lipinski definition) is 1. The maximum atomic E-state index is 3.73. The standard InChI is InChI=1S/C14H30N2S/c1-5-7-13-10-15-14(12(3)4)11-16(13)8-9-17-6-2/h12-15H,5-11H2,1-4H3. The molecule has 1 saturated heterocycles. The lowest BCUT2D eigenvalue weighted by Crippen LogP contribution is -2.58. The lowest BCUT2D eigenvalue weighted by molar-refractivity contribution is 0.114. The van der Waals surface area contributed by atoms with E-state index in [4.69, 9.17) is 0 Å². The zero-order valence-corrected chi connectivity index (χ0v) is 12.9. The summed E-state index contributed by atoms with van der Waals surface area (Å²) in [6.07, 6.45) is 2.64. The van der Waals surface area contributed by atoms with E-state index in [1.165, 1.54) is 44.0 Å². The van der Waals surface area contributed by atoms with Crippen molar-refractivity contribution in [3.8, 4) is 0 Å². The van der Waals surface area contributed by atoms with Gasteiger partial charge >= 0.3 is 0 Å². The first-order valence-corrected chi connectivity index (χ1v) is 8.39.